The normalized spacial score (nSPS) is 10.9. The molecule has 3 nitrogen and oxygen atoms in total. The number of ether oxygens (including phenoxy) is 1. The van der Waals surface area contributed by atoms with E-state index < -0.39 is 29.7 Å². The van der Waals surface area contributed by atoms with Crippen molar-refractivity contribution in [3.63, 3.8) is 0 Å². The number of esters is 1. The number of halogens is 4. The molecule has 0 spiro atoms. The fraction of sp³-hybridized carbons (Fsp3) is 0.273. The first-order valence-corrected chi connectivity index (χ1v) is 5.04. The van der Waals surface area contributed by atoms with Gasteiger partial charge in [-0.25, -0.2) is 0 Å². The fourth-order valence-corrected chi connectivity index (χ4v) is 1.60. The molecule has 0 fully saturated rings. The lowest BCUT2D eigenvalue weighted by Gasteiger charge is -2.13. The number of nitrogens with zero attached hydrogens (tertiary/aromatic N) is 1. The molecule has 1 rings (SSSR count). The Morgan fingerprint density at radius 3 is 2.56 bits per heavy atom. The van der Waals surface area contributed by atoms with Gasteiger partial charge in [0, 0.05) is 10.6 Å². The highest BCUT2D eigenvalue weighted by molar-refractivity contribution is 6.31. The number of nitriles is 1. The first-order chi connectivity index (χ1) is 8.31. The standard InChI is InChI=1S/C11H7ClF3NO2/c1-18-10(17)4-6-7(5-16)8(11(13,14)15)2-3-9(6)12/h2-3H,4H2,1H3. The maximum atomic E-state index is 12.7. The summed E-state index contributed by atoms with van der Waals surface area (Å²) in [5, 5.41) is 8.73. The van der Waals surface area contributed by atoms with E-state index in [1.165, 1.54) is 6.07 Å². The third kappa shape index (κ3) is 2.93. The Morgan fingerprint density at radius 1 is 1.50 bits per heavy atom. The molecule has 7 heteroatoms. The van der Waals surface area contributed by atoms with Crippen LogP contribution in [0.1, 0.15) is 16.7 Å². The van der Waals surface area contributed by atoms with Gasteiger partial charge in [0.25, 0.3) is 0 Å². The molecule has 96 valence electrons. The molecule has 0 aliphatic heterocycles. The van der Waals surface area contributed by atoms with Gasteiger partial charge in [0.05, 0.1) is 24.7 Å². The van der Waals surface area contributed by atoms with Crippen LogP contribution in [0.15, 0.2) is 12.1 Å². The molecule has 0 aliphatic carbocycles. The number of carbonyl (C=O) groups excluding carboxylic acids is 1. The smallest absolute Gasteiger partial charge is 0.417 e. The minimum Gasteiger partial charge on any atom is -0.469 e. The number of benzene rings is 1. The molecule has 0 aromatic heterocycles. The van der Waals surface area contributed by atoms with Crippen molar-refractivity contribution in [2.24, 2.45) is 0 Å². The van der Waals surface area contributed by atoms with Crippen LogP contribution in [-0.2, 0) is 22.1 Å². The first kappa shape index (κ1) is 14.3. The summed E-state index contributed by atoms with van der Waals surface area (Å²) in [7, 11) is 1.09. The van der Waals surface area contributed by atoms with Crippen molar-refractivity contribution in [1.82, 2.24) is 0 Å². The van der Waals surface area contributed by atoms with E-state index in [0.29, 0.717) is 6.07 Å². The van der Waals surface area contributed by atoms with E-state index >= 15 is 0 Å². The van der Waals surface area contributed by atoms with Gasteiger partial charge in [-0.2, -0.15) is 18.4 Å². The van der Waals surface area contributed by atoms with Crippen LogP contribution in [0.5, 0.6) is 0 Å². The molecule has 18 heavy (non-hydrogen) atoms. The molecule has 1 aromatic rings. The molecule has 0 radical (unpaired) electrons. The molecule has 0 amide bonds. The van der Waals surface area contributed by atoms with Crippen molar-refractivity contribution < 1.29 is 22.7 Å². The molecular weight excluding hydrogens is 271 g/mol. The predicted octanol–water partition coefficient (Wildman–Crippen LogP) is 2.95. The van der Waals surface area contributed by atoms with Crippen LogP contribution in [0, 0.1) is 11.3 Å². The number of carbonyl (C=O) groups is 1. The van der Waals surface area contributed by atoms with E-state index in [-0.39, 0.29) is 10.6 Å². The van der Waals surface area contributed by atoms with E-state index in [1.54, 1.807) is 0 Å². The summed E-state index contributed by atoms with van der Waals surface area (Å²) >= 11 is 5.71. The Labute approximate surface area is 106 Å². The maximum absolute atomic E-state index is 12.7. The third-order valence-electron chi connectivity index (χ3n) is 2.22. The topological polar surface area (TPSA) is 50.1 Å². The Balaban J connectivity index is 3.41. The Bertz CT molecular complexity index is 520. The lowest BCUT2D eigenvalue weighted by Crippen LogP contribution is -2.13. The third-order valence-corrected chi connectivity index (χ3v) is 2.58. The molecule has 0 saturated heterocycles. The SMILES string of the molecule is COC(=O)Cc1c(Cl)ccc(C(F)(F)F)c1C#N. The summed E-state index contributed by atoms with van der Waals surface area (Å²) in [6.45, 7) is 0. The Hall–Kier alpha value is -1.74. The lowest BCUT2D eigenvalue weighted by atomic mass is 9.99. The second-order valence-corrected chi connectivity index (χ2v) is 3.72. The minimum atomic E-state index is -4.68. The summed E-state index contributed by atoms with van der Waals surface area (Å²) < 4.78 is 42.3. The van der Waals surface area contributed by atoms with Crippen LogP contribution in [-0.4, -0.2) is 13.1 Å². The number of methoxy groups -OCH3 is 1. The number of hydrogen-bond donors (Lipinski definition) is 0. The second kappa shape index (κ2) is 5.27. The van der Waals surface area contributed by atoms with Crippen LogP contribution in [0.25, 0.3) is 0 Å². The fourth-order valence-electron chi connectivity index (χ4n) is 1.38. The van der Waals surface area contributed by atoms with Gasteiger partial charge < -0.3 is 4.74 Å². The molecule has 0 unspecified atom stereocenters. The minimum absolute atomic E-state index is 0.0787. The highest BCUT2D eigenvalue weighted by Gasteiger charge is 2.35. The Morgan fingerprint density at radius 2 is 2.11 bits per heavy atom. The van der Waals surface area contributed by atoms with Crippen LogP contribution >= 0.6 is 11.6 Å². The van der Waals surface area contributed by atoms with E-state index in [4.69, 9.17) is 16.9 Å². The first-order valence-electron chi connectivity index (χ1n) is 4.66. The second-order valence-electron chi connectivity index (χ2n) is 3.31. The molecule has 1 aromatic carbocycles. The average molecular weight is 278 g/mol. The van der Waals surface area contributed by atoms with Gasteiger partial charge in [-0.15, -0.1) is 0 Å². The summed E-state index contributed by atoms with van der Waals surface area (Å²) in [5.74, 6) is -0.771. The van der Waals surface area contributed by atoms with Crippen molar-refractivity contribution in [2.75, 3.05) is 7.11 Å². The van der Waals surface area contributed by atoms with Crippen molar-refractivity contribution in [3.05, 3.63) is 33.8 Å². The van der Waals surface area contributed by atoms with Gasteiger partial charge in [0.1, 0.15) is 6.07 Å². The van der Waals surface area contributed by atoms with Crippen molar-refractivity contribution in [3.8, 4) is 6.07 Å². The molecule has 0 saturated carbocycles. The zero-order chi connectivity index (χ0) is 13.9. The monoisotopic (exact) mass is 277 g/mol. The quantitative estimate of drug-likeness (QED) is 0.781. The van der Waals surface area contributed by atoms with E-state index in [2.05, 4.69) is 4.74 Å². The molecule has 0 aliphatic rings. The molecule has 0 bridgehead atoms. The zero-order valence-corrected chi connectivity index (χ0v) is 9.89. The summed E-state index contributed by atoms with van der Waals surface area (Å²) in [5.41, 5.74) is -1.95. The van der Waals surface area contributed by atoms with Crippen LogP contribution in [0.3, 0.4) is 0 Å². The summed E-state index contributed by atoms with van der Waals surface area (Å²) in [6.07, 6.45) is -5.16. The van der Waals surface area contributed by atoms with Crippen molar-refractivity contribution >= 4 is 17.6 Å². The molecule has 0 N–H and O–H groups in total. The summed E-state index contributed by atoms with van der Waals surface area (Å²) in [4.78, 5) is 11.1. The van der Waals surface area contributed by atoms with Gasteiger partial charge in [0.15, 0.2) is 0 Å². The highest BCUT2D eigenvalue weighted by Crippen LogP contribution is 2.35. The van der Waals surface area contributed by atoms with Gasteiger partial charge in [-0.1, -0.05) is 11.6 Å². The number of rotatable bonds is 2. The van der Waals surface area contributed by atoms with Gasteiger partial charge in [-0.3, -0.25) is 4.79 Å². The van der Waals surface area contributed by atoms with Crippen molar-refractivity contribution in [2.45, 2.75) is 12.6 Å². The van der Waals surface area contributed by atoms with Crippen molar-refractivity contribution in [1.29, 1.82) is 5.26 Å². The summed E-state index contributed by atoms with van der Waals surface area (Å²) in [6, 6.07) is 3.14. The number of hydrogen-bond acceptors (Lipinski definition) is 3. The van der Waals surface area contributed by atoms with Gasteiger partial charge in [-0.05, 0) is 12.1 Å². The maximum Gasteiger partial charge on any atom is 0.417 e. The predicted molar refractivity (Wildman–Crippen MR) is 56.9 cm³/mol. The molecular formula is C11H7ClF3NO2. The average Bonchev–Trinajstić information content (AvgIpc) is 2.29. The molecule has 0 atom stereocenters. The number of alkyl halides is 3. The van der Waals surface area contributed by atoms with Crippen LogP contribution in [0.4, 0.5) is 13.2 Å². The Kier molecular flexibility index (Phi) is 4.19. The van der Waals surface area contributed by atoms with E-state index in [9.17, 15) is 18.0 Å². The molecule has 0 heterocycles. The largest absolute Gasteiger partial charge is 0.469 e. The zero-order valence-electron chi connectivity index (χ0n) is 9.14. The van der Waals surface area contributed by atoms with Crippen LogP contribution in [0.2, 0.25) is 5.02 Å². The van der Waals surface area contributed by atoms with E-state index in [1.807, 2.05) is 0 Å². The highest BCUT2D eigenvalue weighted by atomic mass is 35.5. The van der Waals surface area contributed by atoms with Crippen LogP contribution < -0.4 is 0 Å². The van der Waals surface area contributed by atoms with Gasteiger partial charge >= 0.3 is 12.1 Å². The van der Waals surface area contributed by atoms with E-state index in [0.717, 1.165) is 13.2 Å². The lowest BCUT2D eigenvalue weighted by molar-refractivity contribution is -0.140. The van der Waals surface area contributed by atoms with Gasteiger partial charge in [0.2, 0.25) is 0 Å².